The Balaban J connectivity index is 1.79. The lowest BCUT2D eigenvalue weighted by molar-refractivity contribution is -0.123. The van der Waals surface area contributed by atoms with E-state index < -0.39 is 5.54 Å². The Morgan fingerprint density at radius 2 is 1.29 bits per heavy atom. The van der Waals surface area contributed by atoms with Crippen LogP contribution in [0, 0.1) is 0 Å². The molecule has 6 heteroatoms. The van der Waals surface area contributed by atoms with Crippen molar-refractivity contribution in [2.45, 2.75) is 24.8 Å². The predicted molar refractivity (Wildman–Crippen MR) is 94.8 cm³/mol. The van der Waals surface area contributed by atoms with Gasteiger partial charge in [-0.15, -0.1) is 0 Å². The maximum Gasteiger partial charge on any atom is 0.336 e. The first-order chi connectivity index (χ1) is 11.5. The minimum Gasteiger partial charge on any atom is -0.278 e. The Morgan fingerprint density at radius 1 is 0.792 bits per heavy atom. The third-order valence-electron chi connectivity index (χ3n) is 4.76. The number of carbonyl (C=O) groups excluding carboxylic acids is 2. The number of hydrogen-bond donors (Lipinski definition) is 0. The molecule has 1 heterocycles. The summed E-state index contributed by atoms with van der Waals surface area (Å²) in [6, 6.07) is 13.4. The van der Waals surface area contributed by atoms with Gasteiger partial charge >= 0.3 is 6.03 Å². The van der Waals surface area contributed by atoms with Crippen LogP contribution in [0.4, 0.5) is 16.2 Å². The summed E-state index contributed by atoms with van der Waals surface area (Å²) in [7, 11) is 0. The van der Waals surface area contributed by atoms with Gasteiger partial charge < -0.3 is 0 Å². The summed E-state index contributed by atoms with van der Waals surface area (Å²) in [5, 5.41) is 1.15. The summed E-state index contributed by atoms with van der Waals surface area (Å²) in [5.41, 5.74) is 0.455. The highest BCUT2D eigenvalue weighted by atomic mass is 35.5. The number of halogens is 2. The molecule has 1 aliphatic carbocycles. The molecule has 1 aliphatic heterocycles. The molecule has 0 atom stereocenters. The molecule has 3 amide bonds. The lowest BCUT2D eigenvalue weighted by Gasteiger charge is -2.42. The molecule has 0 unspecified atom stereocenters. The van der Waals surface area contributed by atoms with Gasteiger partial charge in [0.25, 0.3) is 5.91 Å². The second-order valence-corrected chi connectivity index (χ2v) is 6.97. The molecule has 1 saturated carbocycles. The van der Waals surface area contributed by atoms with Crippen molar-refractivity contribution in [2.24, 2.45) is 0 Å². The number of anilines is 2. The van der Waals surface area contributed by atoms with E-state index in [1.807, 2.05) is 0 Å². The zero-order valence-corrected chi connectivity index (χ0v) is 14.2. The van der Waals surface area contributed by atoms with Crippen LogP contribution in [0.1, 0.15) is 19.3 Å². The first-order valence-electron chi connectivity index (χ1n) is 7.73. The van der Waals surface area contributed by atoms with Crippen LogP contribution in [0.2, 0.25) is 10.0 Å². The van der Waals surface area contributed by atoms with Gasteiger partial charge in [-0.3, -0.25) is 9.69 Å². The molecule has 4 rings (SSSR count). The van der Waals surface area contributed by atoms with E-state index in [2.05, 4.69) is 0 Å². The van der Waals surface area contributed by atoms with Gasteiger partial charge in [0.05, 0.1) is 5.69 Å². The van der Waals surface area contributed by atoms with Crippen molar-refractivity contribution in [1.82, 2.24) is 0 Å². The van der Waals surface area contributed by atoms with Crippen molar-refractivity contribution in [3.63, 3.8) is 0 Å². The molecule has 0 bridgehead atoms. The molecule has 24 heavy (non-hydrogen) atoms. The van der Waals surface area contributed by atoms with E-state index in [9.17, 15) is 9.59 Å². The molecular formula is C18H14Cl2N2O2. The van der Waals surface area contributed by atoms with Gasteiger partial charge in [0, 0.05) is 15.7 Å². The fourth-order valence-corrected chi connectivity index (χ4v) is 3.64. The van der Waals surface area contributed by atoms with Crippen molar-refractivity contribution < 1.29 is 9.59 Å². The molecule has 2 fully saturated rings. The Labute approximate surface area is 149 Å². The van der Waals surface area contributed by atoms with E-state index in [0.717, 1.165) is 6.42 Å². The van der Waals surface area contributed by atoms with Gasteiger partial charge in [-0.2, -0.15) is 0 Å². The third kappa shape index (κ3) is 2.14. The SMILES string of the molecule is O=C1N(c2ccc(Cl)cc2)C(=O)C2(CCC2)N1c1ccc(Cl)cc1. The number of carbonyl (C=O) groups is 2. The minimum atomic E-state index is -0.773. The number of hydrogen-bond acceptors (Lipinski definition) is 2. The maximum absolute atomic E-state index is 13.1. The lowest BCUT2D eigenvalue weighted by atomic mass is 9.75. The van der Waals surface area contributed by atoms with Crippen molar-refractivity contribution in [2.75, 3.05) is 9.80 Å². The number of nitrogens with zero attached hydrogens (tertiary/aromatic N) is 2. The second-order valence-electron chi connectivity index (χ2n) is 6.10. The Morgan fingerprint density at radius 3 is 1.75 bits per heavy atom. The maximum atomic E-state index is 13.1. The van der Waals surface area contributed by atoms with Crippen LogP contribution in [0.25, 0.3) is 0 Å². The lowest BCUT2D eigenvalue weighted by Crippen LogP contribution is -2.55. The fraction of sp³-hybridized carbons (Fsp3) is 0.222. The molecule has 2 aromatic carbocycles. The van der Waals surface area contributed by atoms with Gasteiger partial charge in [-0.1, -0.05) is 23.2 Å². The number of benzene rings is 2. The molecule has 2 aromatic rings. The molecule has 0 N–H and O–H groups in total. The Bertz CT molecular complexity index is 814. The van der Waals surface area contributed by atoms with E-state index in [-0.39, 0.29) is 11.9 Å². The molecule has 1 spiro atoms. The van der Waals surface area contributed by atoms with Crippen molar-refractivity contribution in [1.29, 1.82) is 0 Å². The highest BCUT2D eigenvalue weighted by molar-refractivity contribution is 6.32. The Kier molecular flexibility index (Phi) is 3.55. The van der Waals surface area contributed by atoms with Crippen LogP contribution in [0.3, 0.4) is 0 Å². The Hall–Kier alpha value is -2.04. The summed E-state index contributed by atoms with van der Waals surface area (Å²) in [6.45, 7) is 0. The zero-order chi connectivity index (χ0) is 16.9. The highest BCUT2D eigenvalue weighted by Gasteiger charge is 2.61. The fourth-order valence-electron chi connectivity index (χ4n) is 3.39. The third-order valence-corrected chi connectivity index (χ3v) is 5.27. The molecule has 4 nitrogen and oxygen atoms in total. The summed E-state index contributed by atoms with van der Waals surface area (Å²) in [5.74, 6) is -0.170. The van der Waals surface area contributed by atoms with E-state index in [1.165, 1.54) is 4.90 Å². The highest BCUT2D eigenvalue weighted by Crippen LogP contribution is 2.47. The van der Waals surface area contributed by atoms with Crippen LogP contribution < -0.4 is 9.80 Å². The van der Waals surface area contributed by atoms with E-state index >= 15 is 0 Å². The summed E-state index contributed by atoms with van der Waals surface area (Å²) >= 11 is 11.9. The van der Waals surface area contributed by atoms with Crippen molar-refractivity contribution in [3.05, 3.63) is 58.6 Å². The zero-order valence-electron chi connectivity index (χ0n) is 12.7. The molecular weight excluding hydrogens is 347 g/mol. The van der Waals surface area contributed by atoms with Gasteiger partial charge in [0.2, 0.25) is 0 Å². The molecule has 2 aliphatic rings. The smallest absolute Gasteiger partial charge is 0.278 e. The first-order valence-corrected chi connectivity index (χ1v) is 8.48. The van der Waals surface area contributed by atoms with Crippen LogP contribution in [-0.4, -0.2) is 17.5 Å². The molecule has 0 radical (unpaired) electrons. The average molecular weight is 361 g/mol. The number of amides is 3. The van der Waals surface area contributed by atoms with Crippen LogP contribution in [0.5, 0.6) is 0 Å². The van der Waals surface area contributed by atoms with Gasteiger partial charge in [0.15, 0.2) is 0 Å². The number of imide groups is 1. The van der Waals surface area contributed by atoms with Crippen LogP contribution >= 0.6 is 23.2 Å². The van der Waals surface area contributed by atoms with E-state index in [4.69, 9.17) is 23.2 Å². The standard InChI is InChI=1S/C18H14Cl2N2O2/c19-12-2-6-14(7-3-12)21-16(23)18(10-1-11-18)22(17(21)24)15-8-4-13(20)5-9-15/h2-9H,1,10-11H2. The van der Waals surface area contributed by atoms with E-state index in [0.29, 0.717) is 34.3 Å². The van der Waals surface area contributed by atoms with E-state index in [1.54, 1.807) is 53.4 Å². The van der Waals surface area contributed by atoms with Crippen LogP contribution in [0.15, 0.2) is 48.5 Å². The monoisotopic (exact) mass is 360 g/mol. The quantitative estimate of drug-likeness (QED) is 0.715. The molecule has 0 aromatic heterocycles. The molecule has 1 saturated heterocycles. The predicted octanol–water partition coefficient (Wildman–Crippen LogP) is 4.89. The molecule has 122 valence electrons. The number of rotatable bonds is 2. The van der Waals surface area contributed by atoms with Crippen molar-refractivity contribution >= 4 is 46.5 Å². The average Bonchev–Trinajstić information content (AvgIpc) is 2.77. The topological polar surface area (TPSA) is 40.6 Å². The van der Waals surface area contributed by atoms with Crippen LogP contribution in [-0.2, 0) is 4.79 Å². The van der Waals surface area contributed by atoms with Gasteiger partial charge in [-0.25, -0.2) is 9.69 Å². The largest absolute Gasteiger partial charge is 0.336 e. The minimum absolute atomic E-state index is 0.170. The van der Waals surface area contributed by atoms with Gasteiger partial charge in [-0.05, 0) is 67.8 Å². The summed E-state index contributed by atoms with van der Waals surface area (Å²) < 4.78 is 0. The summed E-state index contributed by atoms with van der Waals surface area (Å²) in [6.07, 6.45) is 2.27. The number of urea groups is 1. The normalized spacial score (nSPS) is 19.1. The first kappa shape index (κ1) is 15.5. The van der Waals surface area contributed by atoms with Crippen molar-refractivity contribution in [3.8, 4) is 0 Å². The summed E-state index contributed by atoms with van der Waals surface area (Å²) in [4.78, 5) is 29.0. The van der Waals surface area contributed by atoms with Gasteiger partial charge in [0.1, 0.15) is 5.54 Å². The second kappa shape index (κ2) is 5.50.